The first-order valence-electron chi connectivity index (χ1n) is 12.3. The number of aromatic nitrogens is 2. The van der Waals surface area contributed by atoms with Crippen LogP contribution in [0.4, 0.5) is 0 Å². The van der Waals surface area contributed by atoms with Gasteiger partial charge >= 0.3 is 0 Å². The predicted octanol–water partition coefficient (Wildman–Crippen LogP) is 7.31. The Morgan fingerprint density at radius 1 is 0.774 bits per heavy atom. The molecule has 1 unspecified atom stereocenters. The van der Waals surface area contributed by atoms with Crippen LogP contribution in [-0.4, -0.2) is 32.0 Å². The van der Waals surface area contributed by atoms with Crippen LogP contribution in [0, 0.1) is 0 Å². The highest BCUT2D eigenvalue weighted by Crippen LogP contribution is 2.23. The Bertz CT molecular complexity index is 704. The number of rotatable bonds is 16. The molecular weight excluding hydrogens is 400 g/mol. The summed E-state index contributed by atoms with van der Waals surface area (Å²) in [6.45, 7) is 11.0. The summed E-state index contributed by atoms with van der Waals surface area (Å²) in [6, 6.07) is 8.07. The van der Waals surface area contributed by atoms with Crippen LogP contribution in [0.2, 0.25) is 18.6 Å². The van der Waals surface area contributed by atoms with Crippen LogP contribution in [0.1, 0.15) is 71.6 Å². The normalized spacial score (nSPS) is 12.2. The third kappa shape index (κ3) is 9.85. The molecule has 1 aromatic carbocycles. The molecule has 0 saturated heterocycles. The monoisotopic (exact) mass is 442 g/mol. The van der Waals surface area contributed by atoms with Gasteiger partial charge in [-0.05, 0) is 49.1 Å². The molecule has 2 rings (SSSR count). The van der Waals surface area contributed by atoms with E-state index in [-0.39, 0.29) is 0 Å². The van der Waals surface area contributed by atoms with E-state index in [0.29, 0.717) is 5.82 Å². The van der Waals surface area contributed by atoms with E-state index in [9.17, 15) is 0 Å². The van der Waals surface area contributed by atoms with E-state index in [2.05, 4.69) is 36.9 Å². The summed E-state index contributed by atoms with van der Waals surface area (Å²) >= 11 is 0. The van der Waals surface area contributed by atoms with Gasteiger partial charge in [0.2, 0.25) is 0 Å². The van der Waals surface area contributed by atoms with Gasteiger partial charge in [0.15, 0.2) is 11.6 Å². The van der Waals surface area contributed by atoms with Crippen molar-refractivity contribution in [3.05, 3.63) is 36.7 Å². The minimum Gasteiger partial charge on any atom is -0.494 e. The molecule has 0 aliphatic rings. The van der Waals surface area contributed by atoms with Crippen LogP contribution in [0.3, 0.4) is 0 Å². The van der Waals surface area contributed by atoms with Crippen molar-refractivity contribution in [3.63, 3.8) is 0 Å². The maximum Gasteiger partial charge on any atom is 0.159 e. The fourth-order valence-corrected chi connectivity index (χ4v) is 5.70. The van der Waals surface area contributed by atoms with Gasteiger partial charge in [-0.2, -0.15) is 0 Å². The van der Waals surface area contributed by atoms with E-state index < -0.39 is 8.80 Å². The molecule has 0 N–H and O–H groups in total. The first-order valence-corrected chi connectivity index (χ1v) is 15.3. The quantitative estimate of drug-likeness (QED) is 0.202. The molecule has 0 bridgehead atoms. The van der Waals surface area contributed by atoms with Crippen LogP contribution >= 0.6 is 0 Å². The molecule has 4 nitrogen and oxygen atoms in total. The standard InChI is InChI=1S/C26H42N2O2Si/c1-5-7-8-9-10-11-18-30-24-20-27-26(28-21-24)22-14-16-23(17-15-22)29-19-12-13-25(6-2)31(3)4/h14-17,20-21,25,31H,5-13,18-19H2,1-4H3. The van der Waals surface area contributed by atoms with Crippen molar-refractivity contribution in [1.82, 2.24) is 9.97 Å². The summed E-state index contributed by atoms with van der Waals surface area (Å²) < 4.78 is 11.7. The molecule has 0 saturated carbocycles. The lowest BCUT2D eigenvalue weighted by Crippen LogP contribution is -2.12. The minimum absolute atomic E-state index is 0.540. The molecule has 1 atom stereocenters. The lowest BCUT2D eigenvalue weighted by atomic mass is 10.1. The van der Waals surface area contributed by atoms with E-state index in [4.69, 9.17) is 9.47 Å². The van der Waals surface area contributed by atoms with Crippen molar-refractivity contribution in [2.45, 2.75) is 90.3 Å². The van der Waals surface area contributed by atoms with E-state index in [1.807, 2.05) is 24.3 Å². The maximum atomic E-state index is 5.93. The second-order valence-electron chi connectivity index (χ2n) is 8.79. The zero-order chi connectivity index (χ0) is 22.3. The van der Waals surface area contributed by atoms with Gasteiger partial charge in [0, 0.05) is 14.4 Å². The van der Waals surface area contributed by atoms with E-state index in [1.165, 1.54) is 44.9 Å². The largest absolute Gasteiger partial charge is 0.494 e. The Morgan fingerprint density at radius 3 is 2.03 bits per heavy atom. The van der Waals surface area contributed by atoms with Gasteiger partial charge in [-0.3, -0.25) is 0 Å². The van der Waals surface area contributed by atoms with Crippen molar-refractivity contribution in [2.24, 2.45) is 0 Å². The molecule has 0 fully saturated rings. The van der Waals surface area contributed by atoms with Crippen LogP contribution in [0.15, 0.2) is 36.7 Å². The maximum absolute atomic E-state index is 5.93. The van der Waals surface area contributed by atoms with Crippen molar-refractivity contribution < 1.29 is 9.47 Å². The summed E-state index contributed by atoms with van der Waals surface area (Å²) in [4.78, 5) is 8.93. The molecule has 172 valence electrons. The van der Waals surface area contributed by atoms with E-state index >= 15 is 0 Å². The zero-order valence-electron chi connectivity index (χ0n) is 20.1. The molecular formula is C26H42N2O2Si. The molecule has 0 radical (unpaired) electrons. The molecule has 1 aromatic heterocycles. The van der Waals surface area contributed by atoms with E-state index in [0.717, 1.165) is 48.7 Å². The average Bonchev–Trinajstić information content (AvgIpc) is 2.79. The summed E-state index contributed by atoms with van der Waals surface area (Å²) in [7, 11) is -0.540. The van der Waals surface area contributed by atoms with Gasteiger partial charge in [-0.15, -0.1) is 0 Å². The summed E-state index contributed by atoms with van der Waals surface area (Å²) in [6.07, 6.45) is 14.8. The van der Waals surface area contributed by atoms with Gasteiger partial charge in [-0.1, -0.05) is 65.5 Å². The highest BCUT2D eigenvalue weighted by atomic mass is 28.3. The number of benzene rings is 1. The fourth-order valence-electron chi connectivity index (χ4n) is 3.86. The first-order chi connectivity index (χ1) is 15.1. The van der Waals surface area contributed by atoms with Gasteiger partial charge in [0.1, 0.15) is 5.75 Å². The molecule has 5 heteroatoms. The number of hydrogen-bond donors (Lipinski definition) is 0. The van der Waals surface area contributed by atoms with Gasteiger partial charge in [-0.25, -0.2) is 9.97 Å². The highest BCUT2D eigenvalue weighted by molar-refractivity contribution is 6.57. The molecule has 2 aromatic rings. The Labute approximate surface area is 191 Å². The van der Waals surface area contributed by atoms with Crippen molar-refractivity contribution in [1.29, 1.82) is 0 Å². The van der Waals surface area contributed by atoms with Crippen molar-refractivity contribution >= 4 is 8.80 Å². The molecule has 0 aliphatic carbocycles. The Balaban J connectivity index is 1.71. The number of ether oxygens (including phenoxy) is 2. The minimum atomic E-state index is -0.540. The summed E-state index contributed by atoms with van der Waals surface area (Å²) in [5, 5.41) is 0. The Hall–Kier alpha value is -1.88. The lowest BCUT2D eigenvalue weighted by molar-refractivity contribution is 0.302. The summed E-state index contributed by atoms with van der Waals surface area (Å²) in [5.74, 6) is 2.37. The van der Waals surface area contributed by atoms with Gasteiger partial charge < -0.3 is 9.47 Å². The molecule has 0 aliphatic heterocycles. The molecule has 31 heavy (non-hydrogen) atoms. The topological polar surface area (TPSA) is 44.2 Å². The lowest BCUT2D eigenvalue weighted by Gasteiger charge is -2.17. The number of hydrogen-bond acceptors (Lipinski definition) is 4. The molecule has 0 amide bonds. The highest BCUT2D eigenvalue weighted by Gasteiger charge is 2.11. The van der Waals surface area contributed by atoms with Crippen LogP contribution in [0.5, 0.6) is 11.5 Å². The van der Waals surface area contributed by atoms with Crippen LogP contribution < -0.4 is 9.47 Å². The molecule has 0 spiro atoms. The summed E-state index contributed by atoms with van der Waals surface area (Å²) in [5.41, 5.74) is 1.92. The predicted molar refractivity (Wildman–Crippen MR) is 134 cm³/mol. The number of unbranched alkanes of at least 4 members (excludes halogenated alkanes) is 5. The third-order valence-corrected chi connectivity index (χ3v) is 8.65. The average molecular weight is 443 g/mol. The second kappa shape index (κ2) is 15.0. The smallest absolute Gasteiger partial charge is 0.159 e. The SMILES string of the molecule is CCCCCCCCOc1cnc(-c2ccc(OCCCC(CC)[SiH](C)C)cc2)nc1. The van der Waals surface area contributed by atoms with E-state index in [1.54, 1.807) is 12.4 Å². The van der Waals surface area contributed by atoms with Gasteiger partial charge in [0.05, 0.1) is 25.6 Å². The van der Waals surface area contributed by atoms with Crippen molar-refractivity contribution in [3.8, 4) is 22.9 Å². The molecule has 1 heterocycles. The van der Waals surface area contributed by atoms with Crippen LogP contribution in [-0.2, 0) is 0 Å². The first kappa shape index (κ1) is 25.4. The fraction of sp³-hybridized carbons (Fsp3) is 0.615. The Kier molecular flexibility index (Phi) is 12.3. The van der Waals surface area contributed by atoms with Gasteiger partial charge in [0.25, 0.3) is 0 Å². The van der Waals surface area contributed by atoms with Crippen LogP contribution in [0.25, 0.3) is 11.4 Å². The van der Waals surface area contributed by atoms with Crippen molar-refractivity contribution in [2.75, 3.05) is 13.2 Å². The Morgan fingerprint density at radius 2 is 1.39 bits per heavy atom. The third-order valence-electron chi connectivity index (χ3n) is 5.96. The zero-order valence-corrected chi connectivity index (χ0v) is 21.3. The number of nitrogens with zero attached hydrogens (tertiary/aromatic N) is 2. The second-order valence-corrected chi connectivity index (χ2v) is 12.2.